The van der Waals surface area contributed by atoms with Gasteiger partial charge in [-0.15, -0.1) is 0 Å². The van der Waals surface area contributed by atoms with Gasteiger partial charge in [-0.25, -0.2) is 4.79 Å². The number of carbonyl (C=O) groups excluding carboxylic acids is 1. The number of anilines is 1. The van der Waals surface area contributed by atoms with E-state index >= 15 is 0 Å². The predicted octanol–water partition coefficient (Wildman–Crippen LogP) is 3.08. The summed E-state index contributed by atoms with van der Waals surface area (Å²) < 4.78 is 5.08. The summed E-state index contributed by atoms with van der Waals surface area (Å²) in [7, 11) is 4.13. The molecule has 0 aliphatic carbocycles. The van der Waals surface area contributed by atoms with E-state index in [9.17, 15) is 4.79 Å². The van der Waals surface area contributed by atoms with Gasteiger partial charge >= 0.3 is 5.97 Å². The standard InChI is InChI=1S/C18H25N3O2/c1-5-23-18(22)14-7-8-16-15(12-14)17(11-13(2)20-16)19-9-6-10-21(3)4/h7-8,11-12H,5-6,9-10H2,1-4H3,(H,19,20). The first kappa shape index (κ1) is 17.2. The van der Waals surface area contributed by atoms with Gasteiger partial charge in [-0.05, 0) is 65.2 Å². The highest BCUT2D eigenvalue weighted by atomic mass is 16.5. The van der Waals surface area contributed by atoms with E-state index in [1.54, 1.807) is 6.07 Å². The highest BCUT2D eigenvalue weighted by Crippen LogP contribution is 2.25. The van der Waals surface area contributed by atoms with Crippen molar-refractivity contribution in [1.82, 2.24) is 9.88 Å². The number of aromatic nitrogens is 1. The summed E-state index contributed by atoms with van der Waals surface area (Å²) in [5, 5.41) is 4.41. The third-order valence-electron chi connectivity index (χ3n) is 3.55. The third kappa shape index (κ3) is 4.66. The average molecular weight is 315 g/mol. The monoisotopic (exact) mass is 315 g/mol. The van der Waals surface area contributed by atoms with Crippen LogP contribution in [0.5, 0.6) is 0 Å². The Morgan fingerprint density at radius 2 is 2.09 bits per heavy atom. The number of esters is 1. The molecule has 124 valence electrons. The maximum Gasteiger partial charge on any atom is 0.338 e. The lowest BCUT2D eigenvalue weighted by Crippen LogP contribution is -2.16. The van der Waals surface area contributed by atoms with Crippen molar-refractivity contribution in [2.24, 2.45) is 0 Å². The molecule has 0 saturated heterocycles. The van der Waals surface area contributed by atoms with Crippen molar-refractivity contribution >= 4 is 22.6 Å². The van der Waals surface area contributed by atoms with Crippen molar-refractivity contribution in [2.75, 3.05) is 39.1 Å². The minimum atomic E-state index is -0.298. The highest BCUT2D eigenvalue weighted by Gasteiger charge is 2.10. The van der Waals surface area contributed by atoms with Crippen LogP contribution in [0.2, 0.25) is 0 Å². The summed E-state index contributed by atoms with van der Waals surface area (Å²) in [4.78, 5) is 18.6. The van der Waals surface area contributed by atoms with E-state index in [2.05, 4.69) is 29.3 Å². The normalized spacial score (nSPS) is 11.0. The van der Waals surface area contributed by atoms with Crippen LogP contribution in [0.1, 0.15) is 29.4 Å². The molecule has 0 saturated carbocycles. The maximum absolute atomic E-state index is 11.9. The number of aryl methyl sites for hydroxylation is 1. The quantitative estimate of drug-likeness (QED) is 0.628. The van der Waals surface area contributed by atoms with E-state index in [0.717, 1.165) is 41.8 Å². The van der Waals surface area contributed by atoms with Crippen molar-refractivity contribution in [1.29, 1.82) is 0 Å². The van der Waals surface area contributed by atoms with Crippen LogP contribution in [-0.4, -0.2) is 49.6 Å². The molecule has 1 aromatic heterocycles. The smallest absolute Gasteiger partial charge is 0.338 e. The minimum Gasteiger partial charge on any atom is -0.462 e. The van der Waals surface area contributed by atoms with E-state index in [1.807, 2.05) is 32.0 Å². The van der Waals surface area contributed by atoms with Crippen LogP contribution in [0.4, 0.5) is 5.69 Å². The van der Waals surface area contributed by atoms with Crippen molar-refractivity contribution in [3.8, 4) is 0 Å². The van der Waals surface area contributed by atoms with Gasteiger partial charge in [-0.1, -0.05) is 0 Å². The second-order valence-electron chi connectivity index (χ2n) is 5.85. The van der Waals surface area contributed by atoms with Crippen molar-refractivity contribution < 1.29 is 9.53 Å². The summed E-state index contributed by atoms with van der Waals surface area (Å²) in [6, 6.07) is 7.52. The molecule has 0 radical (unpaired) electrons. The Balaban J connectivity index is 2.26. The number of nitrogens with one attached hydrogen (secondary N) is 1. The minimum absolute atomic E-state index is 0.298. The number of rotatable bonds is 7. The van der Waals surface area contributed by atoms with Crippen LogP contribution in [0.15, 0.2) is 24.3 Å². The lowest BCUT2D eigenvalue weighted by atomic mass is 10.1. The molecule has 0 fully saturated rings. The first-order valence-electron chi connectivity index (χ1n) is 7.98. The largest absolute Gasteiger partial charge is 0.462 e. The van der Waals surface area contributed by atoms with Crippen molar-refractivity contribution in [2.45, 2.75) is 20.3 Å². The molecular formula is C18H25N3O2. The molecule has 0 atom stereocenters. The molecule has 1 N–H and O–H groups in total. The molecular weight excluding hydrogens is 290 g/mol. The average Bonchev–Trinajstić information content (AvgIpc) is 2.51. The van der Waals surface area contributed by atoms with Crippen LogP contribution in [0.3, 0.4) is 0 Å². The Morgan fingerprint density at radius 1 is 1.30 bits per heavy atom. The van der Waals surface area contributed by atoms with Gasteiger partial charge in [-0.3, -0.25) is 4.98 Å². The summed E-state index contributed by atoms with van der Waals surface area (Å²) >= 11 is 0. The fourth-order valence-corrected chi connectivity index (χ4v) is 2.46. The molecule has 5 heteroatoms. The Bertz CT molecular complexity index is 683. The maximum atomic E-state index is 11.9. The molecule has 1 heterocycles. The van der Waals surface area contributed by atoms with E-state index in [-0.39, 0.29) is 5.97 Å². The number of ether oxygens (including phenoxy) is 1. The SMILES string of the molecule is CCOC(=O)c1ccc2nc(C)cc(NCCCN(C)C)c2c1. The van der Waals surface area contributed by atoms with Crippen molar-refractivity contribution in [3.05, 3.63) is 35.5 Å². The van der Waals surface area contributed by atoms with E-state index in [0.29, 0.717) is 12.2 Å². The van der Waals surface area contributed by atoms with Gasteiger partial charge < -0.3 is 15.0 Å². The lowest BCUT2D eigenvalue weighted by Gasteiger charge is -2.13. The van der Waals surface area contributed by atoms with Crippen LogP contribution >= 0.6 is 0 Å². The molecule has 2 rings (SSSR count). The van der Waals surface area contributed by atoms with Gasteiger partial charge in [0.15, 0.2) is 0 Å². The van der Waals surface area contributed by atoms with Crippen LogP contribution in [0, 0.1) is 6.92 Å². The number of benzene rings is 1. The Hall–Kier alpha value is -2.14. The third-order valence-corrected chi connectivity index (χ3v) is 3.55. The zero-order chi connectivity index (χ0) is 16.8. The zero-order valence-corrected chi connectivity index (χ0v) is 14.3. The van der Waals surface area contributed by atoms with Gasteiger partial charge in [0.05, 0.1) is 17.7 Å². The number of hydrogen-bond acceptors (Lipinski definition) is 5. The topological polar surface area (TPSA) is 54.5 Å². The lowest BCUT2D eigenvalue weighted by molar-refractivity contribution is 0.0526. The van der Waals surface area contributed by atoms with Crippen LogP contribution in [-0.2, 0) is 4.74 Å². The van der Waals surface area contributed by atoms with Crippen LogP contribution < -0.4 is 5.32 Å². The summed E-state index contributed by atoms with van der Waals surface area (Å²) in [6.07, 6.45) is 1.05. The summed E-state index contributed by atoms with van der Waals surface area (Å²) in [5.74, 6) is -0.298. The first-order valence-corrected chi connectivity index (χ1v) is 7.98. The number of carbonyl (C=O) groups is 1. The molecule has 0 amide bonds. The predicted molar refractivity (Wildman–Crippen MR) is 94.1 cm³/mol. The second-order valence-corrected chi connectivity index (χ2v) is 5.85. The molecule has 23 heavy (non-hydrogen) atoms. The molecule has 2 aromatic rings. The molecule has 0 aliphatic rings. The number of nitrogens with zero attached hydrogens (tertiary/aromatic N) is 2. The van der Waals surface area contributed by atoms with Gasteiger partial charge in [-0.2, -0.15) is 0 Å². The Labute approximate surface area is 137 Å². The molecule has 1 aromatic carbocycles. The van der Waals surface area contributed by atoms with E-state index in [4.69, 9.17) is 4.74 Å². The zero-order valence-electron chi connectivity index (χ0n) is 14.3. The molecule has 0 bridgehead atoms. The molecule has 0 aliphatic heterocycles. The fraction of sp³-hybridized carbons (Fsp3) is 0.444. The molecule has 5 nitrogen and oxygen atoms in total. The van der Waals surface area contributed by atoms with Gasteiger partial charge in [0.25, 0.3) is 0 Å². The summed E-state index contributed by atoms with van der Waals surface area (Å²) in [5.41, 5.74) is 3.41. The van der Waals surface area contributed by atoms with Gasteiger partial charge in [0, 0.05) is 23.3 Å². The number of hydrogen-bond donors (Lipinski definition) is 1. The molecule has 0 spiro atoms. The fourth-order valence-electron chi connectivity index (χ4n) is 2.46. The Kier molecular flexibility index (Phi) is 5.93. The Morgan fingerprint density at radius 3 is 2.78 bits per heavy atom. The first-order chi connectivity index (χ1) is 11.0. The van der Waals surface area contributed by atoms with Gasteiger partial charge in [0.1, 0.15) is 0 Å². The van der Waals surface area contributed by atoms with E-state index < -0.39 is 0 Å². The second kappa shape index (κ2) is 7.92. The van der Waals surface area contributed by atoms with Crippen LogP contribution in [0.25, 0.3) is 10.9 Å². The van der Waals surface area contributed by atoms with E-state index in [1.165, 1.54) is 0 Å². The van der Waals surface area contributed by atoms with Crippen molar-refractivity contribution in [3.63, 3.8) is 0 Å². The van der Waals surface area contributed by atoms with Gasteiger partial charge in [0.2, 0.25) is 0 Å². The molecule has 0 unspecified atom stereocenters. The number of fused-ring (bicyclic) bond motifs is 1. The number of pyridine rings is 1. The summed E-state index contributed by atoms with van der Waals surface area (Å²) in [6.45, 7) is 6.06. The highest BCUT2D eigenvalue weighted by molar-refractivity contribution is 5.98.